The van der Waals surface area contributed by atoms with E-state index in [1.54, 1.807) is 24.3 Å². The number of rotatable bonds is 3. The Hall–Kier alpha value is -2.47. The van der Waals surface area contributed by atoms with Crippen molar-refractivity contribution >= 4 is 22.5 Å². The van der Waals surface area contributed by atoms with Crippen molar-refractivity contribution in [3.8, 4) is 11.4 Å². The summed E-state index contributed by atoms with van der Waals surface area (Å²) in [5, 5.41) is 8.22. The average Bonchev–Trinajstić information content (AvgIpc) is 2.51. The molecule has 0 unspecified atom stereocenters. The summed E-state index contributed by atoms with van der Waals surface area (Å²) < 4.78 is 20.7. The third-order valence-electron chi connectivity index (χ3n) is 3.16. The second-order valence-electron chi connectivity index (χ2n) is 5.22. The fourth-order valence-corrected chi connectivity index (χ4v) is 2.37. The number of benzene rings is 2. The van der Waals surface area contributed by atoms with Crippen LogP contribution in [0.25, 0.3) is 16.6 Å². The Bertz CT molecular complexity index is 940. The minimum atomic E-state index is -0.683. The first-order valence-corrected chi connectivity index (χ1v) is 7.36. The van der Waals surface area contributed by atoms with E-state index in [1.165, 1.54) is 6.07 Å². The van der Waals surface area contributed by atoms with Crippen molar-refractivity contribution in [3.05, 3.63) is 57.6 Å². The lowest BCUT2D eigenvalue weighted by molar-refractivity contribution is 0.242. The van der Waals surface area contributed by atoms with Gasteiger partial charge in [-0.2, -0.15) is 4.68 Å². The zero-order valence-corrected chi connectivity index (χ0v) is 13.2. The van der Waals surface area contributed by atoms with Crippen LogP contribution in [0.5, 0.6) is 5.75 Å². The van der Waals surface area contributed by atoms with Crippen molar-refractivity contribution in [2.45, 2.75) is 20.0 Å². The summed E-state index contributed by atoms with van der Waals surface area (Å²) in [6, 6.07) is 9.18. The SMILES string of the molecule is CC(C)Oc1cc(-n2nnc3ccccc3c2=O)c(F)cc1Cl. The quantitative estimate of drug-likeness (QED) is 0.737. The Morgan fingerprint density at radius 3 is 2.74 bits per heavy atom. The molecule has 0 saturated heterocycles. The van der Waals surface area contributed by atoms with Gasteiger partial charge in [0.25, 0.3) is 5.56 Å². The number of halogens is 2. The van der Waals surface area contributed by atoms with Gasteiger partial charge in [-0.3, -0.25) is 4.79 Å². The molecule has 0 N–H and O–H groups in total. The molecule has 0 radical (unpaired) electrons. The molecule has 0 spiro atoms. The first kappa shape index (κ1) is 15.4. The topological polar surface area (TPSA) is 57.0 Å². The van der Waals surface area contributed by atoms with Crippen molar-refractivity contribution in [2.24, 2.45) is 0 Å². The van der Waals surface area contributed by atoms with Crippen LogP contribution in [0.1, 0.15) is 13.8 Å². The minimum absolute atomic E-state index is 0.0618. The van der Waals surface area contributed by atoms with E-state index in [0.29, 0.717) is 10.9 Å². The summed E-state index contributed by atoms with van der Waals surface area (Å²) in [5.41, 5.74) is -0.0811. The number of hydrogen-bond acceptors (Lipinski definition) is 4. The molecular weight excluding hydrogens is 321 g/mol. The predicted molar refractivity (Wildman–Crippen MR) is 85.9 cm³/mol. The van der Waals surface area contributed by atoms with E-state index in [0.717, 1.165) is 10.7 Å². The van der Waals surface area contributed by atoms with Crippen molar-refractivity contribution in [1.29, 1.82) is 0 Å². The standard InChI is InChI=1S/C16H13ClFN3O2/c1-9(2)23-15-8-14(12(18)7-11(15)17)21-16(22)10-5-3-4-6-13(10)19-20-21/h3-9H,1-2H3. The van der Waals surface area contributed by atoms with Crippen LogP contribution in [0.15, 0.2) is 41.2 Å². The second-order valence-corrected chi connectivity index (χ2v) is 5.63. The normalized spacial score (nSPS) is 11.2. The zero-order chi connectivity index (χ0) is 16.6. The number of nitrogens with zero attached hydrogens (tertiary/aromatic N) is 3. The maximum absolute atomic E-state index is 14.3. The van der Waals surface area contributed by atoms with E-state index >= 15 is 0 Å². The number of hydrogen-bond donors (Lipinski definition) is 0. The fourth-order valence-electron chi connectivity index (χ4n) is 2.17. The Kier molecular flexibility index (Phi) is 4.00. The van der Waals surface area contributed by atoms with E-state index < -0.39 is 11.4 Å². The Morgan fingerprint density at radius 1 is 1.26 bits per heavy atom. The molecule has 3 aromatic rings. The van der Waals surface area contributed by atoms with Crippen LogP contribution in [-0.2, 0) is 0 Å². The van der Waals surface area contributed by atoms with Gasteiger partial charge in [0.05, 0.1) is 16.5 Å². The molecule has 0 aliphatic carbocycles. The second kappa shape index (κ2) is 5.96. The Morgan fingerprint density at radius 2 is 2.00 bits per heavy atom. The summed E-state index contributed by atoms with van der Waals surface area (Å²) >= 11 is 5.98. The molecule has 118 valence electrons. The molecule has 1 aromatic heterocycles. The minimum Gasteiger partial charge on any atom is -0.489 e. The van der Waals surface area contributed by atoms with Gasteiger partial charge in [-0.1, -0.05) is 28.9 Å². The van der Waals surface area contributed by atoms with Crippen molar-refractivity contribution in [1.82, 2.24) is 15.0 Å². The number of ether oxygens (including phenoxy) is 1. The van der Waals surface area contributed by atoms with Gasteiger partial charge >= 0.3 is 0 Å². The van der Waals surface area contributed by atoms with E-state index in [2.05, 4.69) is 10.3 Å². The first-order valence-electron chi connectivity index (χ1n) is 6.98. The molecular formula is C16H13ClFN3O2. The summed E-state index contributed by atoms with van der Waals surface area (Å²) in [6.07, 6.45) is -0.148. The lowest BCUT2D eigenvalue weighted by Gasteiger charge is -2.13. The van der Waals surface area contributed by atoms with Crippen molar-refractivity contribution in [2.75, 3.05) is 0 Å². The highest BCUT2D eigenvalue weighted by Gasteiger charge is 2.16. The van der Waals surface area contributed by atoms with E-state index in [9.17, 15) is 9.18 Å². The van der Waals surface area contributed by atoms with Gasteiger partial charge in [-0.05, 0) is 32.0 Å². The molecule has 0 aliphatic heterocycles. The van der Waals surface area contributed by atoms with Gasteiger partial charge < -0.3 is 4.74 Å². The van der Waals surface area contributed by atoms with Crippen LogP contribution in [0.2, 0.25) is 5.02 Å². The molecule has 0 amide bonds. The van der Waals surface area contributed by atoms with Crippen LogP contribution in [0, 0.1) is 5.82 Å². The Balaban J connectivity index is 2.22. The predicted octanol–water partition coefficient (Wildman–Crippen LogP) is 3.36. The van der Waals surface area contributed by atoms with Gasteiger partial charge in [-0.25, -0.2) is 4.39 Å². The maximum Gasteiger partial charge on any atom is 0.282 e. The summed E-state index contributed by atoms with van der Waals surface area (Å²) in [6.45, 7) is 3.64. The zero-order valence-electron chi connectivity index (χ0n) is 12.5. The molecule has 3 rings (SSSR count). The largest absolute Gasteiger partial charge is 0.489 e. The molecule has 7 heteroatoms. The molecule has 0 aliphatic rings. The van der Waals surface area contributed by atoms with Crippen molar-refractivity contribution in [3.63, 3.8) is 0 Å². The summed E-state index contributed by atoms with van der Waals surface area (Å²) in [7, 11) is 0. The van der Waals surface area contributed by atoms with Crippen LogP contribution in [0.3, 0.4) is 0 Å². The number of fused-ring (bicyclic) bond motifs is 1. The summed E-state index contributed by atoms with van der Waals surface area (Å²) in [5.74, 6) is -0.405. The van der Waals surface area contributed by atoms with Crippen LogP contribution >= 0.6 is 11.6 Å². The van der Waals surface area contributed by atoms with E-state index in [4.69, 9.17) is 16.3 Å². The smallest absolute Gasteiger partial charge is 0.282 e. The molecule has 0 atom stereocenters. The highest BCUT2D eigenvalue weighted by molar-refractivity contribution is 6.32. The monoisotopic (exact) mass is 333 g/mol. The van der Waals surface area contributed by atoms with E-state index in [1.807, 2.05) is 13.8 Å². The molecule has 23 heavy (non-hydrogen) atoms. The van der Waals surface area contributed by atoms with Crippen molar-refractivity contribution < 1.29 is 9.13 Å². The maximum atomic E-state index is 14.3. The summed E-state index contributed by atoms with van der Waals surface area (Å²) in [4.78, 5) is 12.5. The molecule has 0 bridgehead atoms. The number of aromatic nitrogens is 3. The third kappa shape index (κ3) is 2.90. The highest BCUT2D eigenvalue weighted by atomic mass is 35.5. The average molecular weight is 334 g/mol. The fraction of sp³-hybridized carbons (Fsp3) is 0.188. The van der Waals surface area contributed by atoms with Gasteiger partial charge in [0.1, 0.15) is 17.0 Å². The van der Waals surface area contributed by atoms with Gasteiger partial charge in [0.2, 0.25) is 0 Å². The molecule has 1 heterocycles. The van der Waals surface area contributed by atoms with Crippen LogP contribution in [0.4, 0.5) is 4.39 Å². The molecule has 0 saturated carbocycles. The van der Waals surface area contributed by atoms with E-state index in [-0.39, 0.29) is 22.6 Å². The van der Waals surface area contributed by atoms with Gasteiger partial charge in [0, 0.05) is 6.07 Å². The van der Waals surface area contributed by atoms with Gasteiger partial charge in [-0.15, -0.1) is 5.10 Å². The Labute approximate surface area is 136 Å². The third-order valence-corrected chi connectivity index (χ3v) is 3.46. The lowest BCUT2D eigenvalue weighted by atomic mass is 10.2. The van der Waals surface area contributed by atoms with Crippen LogP contribution < -0.4 is 10.3 Å². The van der Waals surface area contributed by atoms with Gasteiger partial charge in [0.15, 0.2) is 5.82 Å². The van der Waals surface area contributed by atoms with Crippen LogP contribution in [-0.4, -0.2) is 21.1 Å². The molecule has 0 fully saturated rings. The first-order chi connectivity index (χ1) is 11.0. The lowest BCUT2D eigenvalue weighted by Crippen LogP contribution is -2.23. The highest BCUT2D eigenvalue weighted by Crippen LogP contribution is 2.29. The molecule has 5 nitrogen and oxygen atoms in total. The molecule has 2 aromatic carbocycles.